The number of nitrogens with zero attached hydrogens (tertiary/aromatic N) is 1. The van der Waals surface area contributed by atoms with E-state index >= 15 is 0 Å². The summed E-state index contributed by atoms with van der Waals surface area (Å²) in [5, 5.41) is 0. The predicted octanol–water partition coefficient (Wildman–Crippen LogP) is 2.69. The van der Waals surface area contributed by atoms with Crippen molar-refractivity contribution >= 4 is 11.7 Å². The smallest absolute Gasteiger partial charge is 0.294 e. The third-order valence-electron chi connectivity index (χ3n) is 3.89. The summed E-state index contributed by atoms with van der Waals surface area (Å²) in [6.07, 6.45) is 2.92. The molecular formula is C16H21NO2. The highest BCUT2D eigenvalue weighted by Crippen LogP contribution is 2.17. The highest BCUT2D eigenvalue weighted by molar-refractivity contribution is 6.42. The van der Waals surface area contributed by atoms with Crippen molar-refractivity contribution in [1.29, 1.82) is 0 Å². The Morgan fingerprint density at radius 3 is 2.26 bits per heavy atom. The van der Waals surface area contributed by atoms with Crippen LogP contribution in [0, 0.1) is 5.92 Å². The number of amides is 1. The molecular weight excluding hydrogens is 238 g/mol. The molecule has 0 aliphatic carbocycles. The van der Waals surface area contributed by atoms with Crippen LogP contribution in [0.3, 0.4) is 0 Å². The second-order valence-electron chi connectivity index (χ2n) is 5.35. The second kappa shape index (κ2) is 6.00. The molecule has 2 rings (SSSR count). The predicted molar refractivity (Wildman–Crippen MR) is 75.1 cm³/mol. The van der Waals surface area contributed by atoms with Gasteiger partial charge in [0, 0.05) is 18.7 Å². The number of piperidine rings is 1. The summed E-state index contributed by atoms with van der Waals surface area (Å²) in [4.78, 5) is 26.0. The molecule has 1 saturated heterocycles. The van der Waals surface area contributed by atoms with Crippen LogP contribution in [0.25, 0.3) is 0 Å². The molecule has 3 heteroatoms. The fourth-order valence-corrected chi connectivity index (χ4v) is 2.37. The van der Waals surface area contributed by atoms with Crippen molar-refractivity contribution in [2.45, 2.75) is 33.1 Å². The standard InChI is InChI=1S/C16H21NO2/c1-3-13-4-6-14(7-5-13)15(18)16(19)17-10-8-12(2)9-11-17/h4-7,12H,3,8-11H2,1-2H3. The fourth-order valence-electron chi connectivity index (χ4n) is 2.37. The third kappa shape index (κ3) is 3.22. The van der Waals surface area contributed by atoms with Gasteiger partial charge in [0.15, 0.2) is 0 Å². The van der Waals surface area contributed by atoms with Gasteiger partial charge in [-0.1, -0.05) is 38.1 Å². The van der Waals surface area contributed by atoms with Gasteiger partial charge in [0.05, 0.1) is 0 Å². The van der Waals surface area contributed by atoms with Gasteiger partial charge >= 0.3 is 0 Å². The molecule has 1 fully saturated rings. The van der Waals surface area contributed by atoms with E-state index in [1.807, 2.05) is 12.1 Å². The van der Waals surface area contributed by atoms with Crippen molar-refractivity contribution in [3.8, 4) is 0 Å². The van der Waals surface area contributed by atoms with Crippen LogP contribution < -0.4 is 0 Å². The lowest BCUT2D eigenvalue weighted by atomic mass is 9.98. The first-order chi connectivity index (χ1) is 9.11. The van der Waals surface area contributed by atoms with Crippen molar-refractivity contribution in [1.82, 2.24) is 4.90 Å². The molecule has 1 aromatic rings. The molecule has 102 valence electrons. The molecule has 3 nitrogen and oxygen atoms in total. The Hall–Kier alpha value is -1.64. The number of hydrogen-bond donors (Lipinski definition) is 0. The van der Waals surface area contributed by atoms with Crippen molar-refractivity contribution in [3.63, 3.8) is 0 Å². The van der Waals surface area contributed by atoms with Crippen LogP contribution >= 0.6 is 0 Å². The number of Topliss-reactive ketones (excluding diaryl/α,β-unsaturated/α-hetero) is 1. The molecule has 0 atom stereocenters. The molecule has 19 heavy (non-hydrogen) atoms. The van der Waals surface area contributed by atoms with Gasteiger partial charge in [0.25, 0.3) is 5.91 Å². The summed E-state index contributed by atoms with van der Waals surface area (Å²) >= 11 is 0. The van der Waals surface area contributed by atoms with Gasteiger partial charge in [0.2, 0.25) is 5.78 Å². The Kier molecular flexibility index (Phi) is 4.35. The molecule has 1 aromatic carbocycles. The summed E-state index contributed by atoms with van der Waals surface area (Å²) < 4.78 is 0. The van der Waals surface area contributed by atoms with Crippen LogP contribution in [0.5, 0.6) is 0 Å². The van der Waals surface area contributed by atoms with E-state index in [4.69, 9.17) is 0 Å². The molecule has 0 saturated carbocycles. The zero-order valence-corrected chi connectivity index (χ0v) is 11.7. The first kappa shape index (κ1) is 13.8. The van der Waals surface area contributed by atoms with Gasteiger partial charge in [-0.25, -0.2) is 0 Å². The van der Waals surface area contributed by atoms with Gasteiger partial charge in [0.1, 0.15) is 0 Å². The minimum absolute atomic E-state index is 0.351. The minimum Gasteiger partial charge on any atom is -0.336 e. The van der Waals surface area contributed by atoms with E-state index in [2.05, 4.69) is 13.8 Å². The molecule has 0 N–H and O–H groups in total. The highest BCUT2D eigenvalue weighted by Gasteiger charge is 2.26. The van der Waals surface area contributed by atoms with Crippen LogP contribution in [0.4, 0.5) is 0 Å². The average Bonchev–Trinajstić information content (AvgIpc) is 2.46. The van der Waals surface area contributed by atoms with E-state index < -0.39 is 0 Å². The molecule has 0 spiro atoms. The molecule has 0 bridgehead atoms. The van der Waals surface area contributed by atoms with Crippen LogP contribution in [0.1, 0.15) is 42.6 Å². The zero-order valence-electron chi connectivity index (χ0n) is 11.7. The number of hydrogen-bond acceptors (Lipinski definition) is 2. The van der Waals surface area contributed by atoms with E-state index in [0.717, 1.165) is 19.3 Å². The Morgan fingerprint density at radius 2 is 1.74 bits per heavy atom. The molecule has 1 heterocycles. The maximum atomic E-state index is 12.1. The van der Waals surface area contributed by atoms with Crippen LogP contribution in [-0.2, 0) is 11.2 Å². The SMILES string of the molecule is CCc1ccc(C(=O)C(=O)N2CCC(C)CC2)cc1. The third-order valence-corrected chi connectivity index (χ3v) is 3.89. The number of ketones is 1. The van der Waals surface area contributed by atoms with Gasteiger partial charge in [-0.05, 0) is 30.7 Å². The Balaban J connectivity index is 2.03. The first-order valence-electron chi connectivity index (χ1n) is 7.04. The number of carbonyl (C=O) groups is 2. The van der Waals surface area contributed by atoms with Gasteiger partial charge in [-0.15, -0.1) is 0 Å². The number of likely N-dealkylation sites (tertiary alicyclic amines) is 1. The molecule has 0 radical (unpaired) electrons. The number of rotatable bonds is 3. The van der Waals surface area contributed by atoms with Crippen molar-refractivity contribution in [3.05, 3.63) is 35.4 Å². The van der Waals surface area contributed by atoms with E-state index in [1.54, 1.807) is 17.0 Å². The summed E-state index contributed by atoms with van der Waals surface area (Å²) in [5.41, 5.74) is 1.68. The average molecular weight is 259 g/mol. The number of benzene rings is 1. The number of carbonyl (C=O) groups excluding carboxylic acids is 2. The Bertz CT molecular complexity index is 456. The van der Waals surface area contributed by atoms with Crippen LogP contribution in [0.2, 0.25) is 0 Å². The monoisotopic (exact) mass is 259 g/mol. The topological polar surface area (TPSA) is 37.4 Å². The maximum absolute atomic E-state index is 12.1. The van der Waals surface area contributed by atoms with Crippen LogP contribution in [0.15, 0.2) is 24.3 Å². The summed E-state index contributed by atoms with van der Waals surface area (Å²) in [6, 6.07) is 7.34. The molecule has 0 unspecified atom stereocenters. The molecule has 1 aliphatic rings. The Morgan fingerprint density at radius 1 is 1.16 bits per heavy atom. The maximum Gasteiger partial charge on any atom is 0.294 e. The second-order valence-corrected chi connectivity index (χ2v) is 5.35. The lowest BCUT2D eigenvalue weighted by Gasteiger charge is -2.29. The van der Waals surface area contributed by atoms with E-state index in [0.29, 0.717) is 24.6 Å². The largest absolute Gasteiger partial charge is 0.336 e. The zero-order chi connectivity index (χ0) is 13.8. The molecule has 0 aromatic heterocycles. The first-order valence-corrected chi connectivity index (χ1v) is 7.04. The minimum atomic E-state index is -0.378. The van der Waals surface area contributed by atoms with E-state index in [1.165, 1.54) is 5.56 Å². The van der Waals surface area contributed by atoms with E-state index in [-0.39, 0.29) is 11.7 Å². The van der Waals surface area contributed by atoms with Crippen molar-refractivity contribution < 1.29 is 9.59 Å². The number of aryl methyl sites for hydroxylation is 1. The van der Waals surface area contributed by atoms with E-state index in [9.17, 15) is 9.59 Å². The summed E-state index contributed by atoms with van der Waals surface area (Å²) in [5.74, 6) is -0.0728. The fraction of sp³-hybridized carbons (Fsp3) is 0.500. The summed E-state index contributed by atoms with van der Waals surface area (Å²) in [7, 11) is 0. The van der Waals surface area contributed by atoms with Gasteiger partial charge in [-0.2, -0.15) is 0 Å². The lowest BCUT2D eigenvalue weighted by molar-refractivity contribution is -0.127. The van der Waals surface area contributed by atoms with Gasteiger partial charge < -0.3 is 4.90 Å². The normalized spacial score (nSPS) is 16.4. The summed E-state index contributed by atoms with van der Waals surface area (Å²) in [6.45, 7) is 5.67. The molecule has 1 aliphatic heterocycles. The van der Waals surface area contributed by atoms with Crippen molar-refractivity contribution in [2.75, 3.05) is 13.1 Å². The highest BCUT2D eigenvalue weighted by atomic mass is 16.2. The van der Waals surface area contributed by atoms with Crippen molar-refractivity contribution in [2.24, 2.45) is 5.92 Å². The van der Waals surface area contributed by atoms with Crippen LogP contribution in [-0.4, -0.2) is 29.7 Å². The lowest BCUT2D eigenvalue weighted by Crippen LogP contribution is -2.41. The van der Waals surface area contributed by atoms with Gasteiger partial charge in [-0.3, -0.25) is 9.59 Å². The molecule has 1 amide bonds. The quantitative estimate of drug-likeness (QED) is 0.618. The Labute approximate surface area is 114 Å².